The molecule has 1 heterocycles. The number of amidine groups is 1. The summed E-state index contributed by atoms with van der Waals surface area (Å²) in [5.74, 6) is 0.358. The molecular formula is C19H28FN5. The monoisotopic (exact) mass is 345 g/mol. The van der Waals surface area contributed by atoms with E-state index in [1.165, 1.54) is 0 Å². The summed E-state index contributed by atoms with van der Waals surface area (Å²) in [5, 5.41) is 11.3. The number of benzene rings is 1. The first-order valence-corrected chi connectivity index (χ1v) is 8.77. The van der Waals surface area contributed by atoms with E-state index in [0.29, 0.717) is 18.0 Å². The van der Waals surface area contributed by atoms with Crippen LogP contribution < -0.4 is 16.0 Å². The van der Waals surface area contributed by atoms with Crippen LogP contribution in [-0.2, 0) is 0 Å². The van der Waals surface area contributed by atoms with Crippen LogP contribution in [0.25, 0.3) is 0 Å². The standard InChI is InChI=1S/C19H28FN5/c1-5-7-13-10-16(20)18(22)24-19(13)23-14-8-9-15(12(3)21)17(11-14)25(4)6-2/h8-9,11,13,21H,5-7,10,22H2,1-4H3,(H,23,24). The third-order valence-electron chi connectivity index (χ3n) is 4.53. The molecule has 0 amide bonds. The molecule has 1 aliphatic rings. The van der Waals surface area contributed by atoms with Crippen LogP contribution in [0.3, 0.4) is 0 Å². The smallest absolute Gasteiger partial charge is 0.157 e. The number of rotatable bonds is 6. The average Bonchev–Trinajstić information content (AvgIpc) is 2.58. The molecule has 1 atom stereocenters. The van der Waals surface area contributed by atoms with Crippen molar-refractivity contribution < 1.29 is 4.39 Å². The maximum Gasteiger partial charge on any atom is 0.157 e. The Bertz CT molecular complexity index is 708. The molecule has 0 aliphatic carbocycles. The van der Waals surface area contributed by atoms with Gasteiger partial charge in [-0.3, -0.25) is 0 Å². The number of aliphatic imine (C=N–C) groups is 1. The molecule has 1 unspecified atom stereocenters. The first-order chi connectivity index (χ1) is 11.9. The second-order valence-corrected chi connectivity index (χ2v) is 6.47. The number of hydrogen-bond acceptors (Lipinski definition) is 5. The number of halogens is 1. The highest BCUT2D eigenvalue weighted by Crippen LogP contribution is 2.29. The van der Waals surface area contributed by atoms with Crippen LogP contribution in [0.15, 0.2) is 34.8 Å². The second kappa shape index (κ2) is 8.14. The van der Waals surface area contributed by atoms with Crippen molar-refractivity contribution in [2.24, 2.45) is 16.6 Å². The van der Waals surface area contributed by atoms with Crippen LogP contribution >= 0.6 is 0 Å². The third kappa shape index (κ3) is 4.38. The van der Waals surface area contributed by atoms with Gasteiger partial charge in [-0.25, -0.2) is 9.38 Å². The number of nitrogens with two attached hydrogens (primary N) is 1. The lowest BCUT2D eigenvalue weighted by Crippen LogP contribution is -2.28. The van der Waals surface area contributed by atoms with Crippen molar-refractivity contribution >= 4 is 22.9 Å². The van der Waals surface area contributed by atoms with Crippen molar-refractivity contribution in [3.05, 3.63) is 35.4 Å². The second-order valence-electron chi connectivity index (χ2n) is 6.47. The molecular weight excluding hydrogens is 317 g/mol. The number of allylic oxidation sites excluding steroid dienone is 1. The zero-order valence-electron chi connectivity index (χ0n) is 15.5. The molecule has 0 bridgehead atoms. The lowest BCUT2D eigenvalue weighted by atomic mass is 9.95. The summed E-state index contributed by atoms with van der Waals surface area (Å²) >= 11 is 0. The van der Waals surface area contributed by atoms with Gasteiger partial charge in [0.1, 0.15) is 11.7 Å². The minimum absolute atomic E-state index is 0.00815. The summed E-state index contributed by atoms with van der Waals surface area (Å²) in [6, 6.07) is 5.87. The predicted octanol–water partition coefficient (Wildman–Crippen LogP) is 4.26. The molecule has 0 aromatic heterocycles. The van der Waals surface area contributed by atoms with E-state index in [1.807, 2.05) is 25.2 Å². The molecule has 1 aliphatic heterocycles. The Morgan fingerprint density at radius 1 is 1.44 bits per heavy atom. The van der Waals surface area contributed by atoms with E-state index < -0.39 is 0 Å². The van der Waals surface area contributed by atoms with Gasteiger partial charge in [0.25, 0.3) is 0 Å². The largest absolute Gasteiger partial charge is 0.381 e. The van der Waals surface area contributed by atoms with E-state index >= 15 is 0 Å². The highest BCUT2D eigenvalue weighted by molar-refractivity contribution is 6.04. The van der Waals surface area contributed by atoms with Crippen molar-refractivity contribution in [3.8, 4) is 0 Å². The normalized spacial score (nSPS) is 17.3. The maximum absolute atomic E-state index is 13.8. The first kappa shape index (κ1) is 19.0. The van der Waals surface area contributed by atoms with Crippen molar-refractivity contribution in [2.45, 2.75) is 40.0 Å². The fraction of sp³-hybridized carbons (Fsp3) is 0.474. The molecule has 0 saturated heterocycles. The summed E-state index contributed by atoms with van der Waals surface area (Å²) in [6.45, 7) is 6.77. The Hall–Kier alpha value is -2.37. The van der Waals surface area contributed by atoms with Gasteiger partial charge < -0.3 is 21.4 Å². The van der Waals surface area contributed by atoms with E-state index in [2.05, 4.69) is 29.1 Å². The molecule has 1 aromatic carbocycles. The van der Waals surface area contributed by atoms with Gasteiger partial charge in [-0.05, 0) is 38.5 Å². The van der Waals surface area contributed by atoms with Gasteiger partial charge in [0.15, 0.2) is 5.82 Å². The molecule has 0 spiro atoms. The fourth-order valence-electron chi connectivity index (χ4n) is 2.98. The van der Waals surface area contributed by atoms with Gasteiger partial charge in [-0.15, -0.1) is 0 Å². The topological polar surface area (TPSA) is 77.5 Å². The summed E-state index contributed by atoms with van der Waals surface area (Å²) in [5.41, 5.74) is 8.96. The zero-order chi connectivity index (χ0) is 18.6. The van der Waals surface area contributed by atoms with Crippen LogP contribution in [0.2, 0.25) is 0 Å². The average molecular weight is 345 g/mol. The van der Waals surface area contributed by atoms with Crippen LogP contribution in [0.5, 0.6) is 0 Å². The van der Waals surface area contributed by atoms with Crippen LogP contribution in [-0.4, -0.2) is 25.1 Å². The molecule has 0 fully saturated rings. The van der Waals surface area contributed by atoms with E-state index in [9.17, 15) is 4.39 Å². The third-order valence-corrected chi connectivity index (χ3v) is 4.53. The fourth-order valence-corrected chi connectivity index (χ4v) is 2.98. The number of hydrogen-bond donors (Lipinski definition) is 3. The Labute approximate surface area is 149 Å². The maximum atomic E-state index is 13.8. The molecule has 25 heavy (non-hydrogen) atoms. The Morgan fingerprint density at radius 3 is 2.76 bits per heavy atom. The number of nitrogens with zero attached hydrogens (tertiary/aromatic N) is 2. The van der Waals surface area contributed by atoms with Gasteiger partial charge in [-0.2, -0.15) is 0 Å². The number of anilines is 2. The minimum Gasteiger partial charge on any atom is -0.381 e. The predicted molar refractivity (Wildman–Crippen MR) is 104 cm³/mol. The Kier molecular flexibility index (Phi) is 6.17. The van der Waals surface area contributed by atoms with Crippen LogP contribution in [0.1, 0.15) is 45.6 Å². The van der Waals surface area contributed by atoms with Crippen LogP contribution in [0, 0.1) is 11.3 Å². The summed E-state index contributed by atoms with van der Waals surface area (Å²) in [6.07, 6.45) is 2.10. The lowest BCUT2D eigenvalue weighted by Gasteiger charge is -2.25. The van der Waals surface area contributed by atoms with Crippen LogP contribution in [0.4, 0.5) is 15.8 Å². The van der Waals surface area contributed by atoms with Gasteiger partial charge in [0.05, 0.1) is 0 Å². The van der Waals surface area contributed by atoms with Crippen molar-refractivity contribution in [1.82, 2.24) is 0 Å². The highest BCUT2D eigenvalue weighted by Gasteiger charge is 2.24. The van der Waals surface area contributed by atoms with Gasteiger partial charge in [0.2, 0.25) is 0 Å². The Balaban J connectivity index is 2.35. The molecule has 4 N–H and O–H groups in total. The van der Waals surface area contributed by atoms with E-state index in [4.69, 9.17) is 11.1 Å². The highest BCUT2D eigenvalue weighted by atomic mass is 19.1. The van der Waals surface area contributed by atoms with E-state index in [0.717, 1.165) is 36.3 Å². The zero-order valence-corrected chi connectivity index (χ0v) is 15.5. The molecule has 2 rings (SSSR count). The summed E-state index contributed by atoms with van der Waals surface area (Å²) in [7, 11) is 2.00. The van der Waals surface area contributed by atoms with Crippen molar-refractivity contribution in [3.63, 3.8) is 0 Å². The first-order valence-electron chi connectivity index (χ1n) is 8.77. The molecule has 0 saturated carbocycles. The van der Waals surface area contributed by atoms with Crippen molar-refractivity contribution in [1.29, 1.82) is 5.41 Å². The molecule has 0 radical (unpaired) electrons. The number of nitrogens with one attached hydrogen (secondary N) is 2. The van der Waals surface area contributed by atoms with Crippen molar-refractivity contribution in [2.75, 3.05) is 23.8 Å². The molecule has 1 aromatic rings. The quantitative estimate of drug-likeness (QED) is 0.674. The molecule has 6 heteroatoms. The van der Waals surface area contributed by atoms with Gasteiger partial charge in [-0.1, -0.05) is 13.3 Å². The molecule has 5 nitrogen and oxygen atoms in total. The van der Waals surface area contributed by atoms with E-state index in [-0.39, 0.29) is 17.6 Å². The molecule has 136 valence electrons. The SMILES string of the molecule is CCCC1CC(F)=C(N)N=C1Nc1ccc(C(C)=N)c(N(C)CC)c1. The van der Waals surface area contributed by atoms with Gasteiger partial charge >= 0.3 is 0 Å². The summed E-state index contributed by atoms with van der Waals surface area (Å²) < 4.78 is 13.8. The van der Waals surface area contributed by atoms with E-state index in [1.54, 1.807) is 6.92 Å². The minimum atomic E-state index is -0.329. The van der Waals surface area contributed by atoms with Gasteiger partial charge in [0, 0.05) is 48.6 Å². The summed E-state index contributed by atoms with van der Waals surface area (Å²) in [4.78, 5) is 6.34. The lowest BCUT2D eigenvalue weighted by molar-refractivity contribution is 0.491. The Morgan fingerprint density at radius 2 is 2.16 bits per heavy atom.